The van der Waals surface area contributed by atoms with Gasteiger partial charge in [0.1, 0.15) is 6.54 Å². The van der Waals surface area contributed by atoms with Gasteiger partial charge < -0.3 is 10.6 Å². The first kappa shape index (κ1) is 16.7. The largest absolute Gasteiger partial charge is 0.406 e. The van der Waals surface area contributed by atoms with Crippen LogP contribution in [0, 0.1) is 11.6 Å². The van der Waals surface area contributed by atoms with E-state index in [9.17, 15) is 26.7 Å². The van der Waals surface area contributed by atoms with E-state index in [1.54, 1.807) is 0 Å². The van der Waals surface area contributed by atoms with Crippen LogP contribution in [0.4, 0.5) is 22.0 Å². The van der Waals surface area contributed by atoms with Gasteiger partial charge in [0.2, 0.25) is 5.91 Å². The Morgan fingerprint density at radius 1 is 1.23 bits per heavy atom. The quantitative estimate of drug-likeness (QED) is 0.851. The molecule has 2 atom stereocenters. The minimum Gasteiger partial charge on any atom is -0.332 e. The molecule has 3 nitrogen and oxygen atoms in total. The Morgan fingerprint density at radius 2 is 1.91 bits per heavy atom. The minimum absolute atomic E-state index is 0.0333. The van der Waals surface area contributed by atoms with Crippen LogP contribution in [-0.4, -0.2) is 36.1 Å². The second-order valence-electron chi connectivity index (χ2n) is 5.36. The van der Waals surface area contributed by atoms with Crippen molar-refractivity contribution in [2.24, 2.45) is 5.73 Å². The number of carbonyl (C=O) groups excluding carboxylic acids is 1. The Balaban J connectivity index is 2.29. The van der Waals surface area contributed by atoms with Crippen LogP contribution < -0.4 is 5.73 Å². The minimum atomic E-state index is -4.58. The molecule has 0 radical (unpaired) electrons. The summed E-state index contributed by atoms with van der Waals surface area (Å²) in [5, 5.41) is 0. The highest BCUT2D eigenvalue weighted by Crippen LogP contribution is 2.30. The van der Waals surface area contributed by atoms with E-state index in [-0.39, 0.29) is 24.9 Å². The molecule has 0 saturated carbocycles. The van der Waals surface area contributed by atoms with Crippen molar-refractivity contribution in [1.29, 1.82) is 0 Å². The molecule has 1 amide bonds. The van der Waals surface area contributed by atoms with Crippen LogP contribution in [0.3, 0.4) is 0 Å². The number of hydrogen-bond donors (Lipinski definition) is 1. The Kier molecular flexibility index (Phi) is 4.69. The molecule has 1 aromatic rings. The molecule has 1 fully saturated rings. The molecule has 1 saturated heterocycles. The number of halogens is 5. The zero-order chi connectivity index (χ0) is 16.5. The third-order valence-electron chi connectivity index (χ3n) is 3.69. The van der Waals surface area contributed by atoms with E-state index in [4.69, 9.17) is 5.73 Å². The predicted octanol–water partition coefficient (Wildman–Crippen LogP) is 2.56. The number of amides is 1. The maximum atomic E-state index is 13.8. The number of alkyl halides is 3. The fourth-order valence-electron chi connectivity index (χ4n) is 2.63. The topological polar surface area (TPSA) is 46.3 Å². The van der Waals surface area contributed by atoms with Gasteiger partial charge in [-0.1, -0.05) is 12.1 Å². The number of benzene rings is 1. The number of likely N-dealkylation sites (tertiary alicyclic amines) is 1. The average molecular weight is 322 g/mol. The van der Waals surface area contributed by atoms with Crippen LogP contribution in [-0.2, 0) is 4.79 Å². The monoisotopic (exact) mass is 322 g/mol. The summed E-state index contributed by atoms with van der Waals surface area (Å²) >= 11 is 0. The molecule has 22 heavy (non-hydrogen) atoms. The van der Waals surface area contributed by atoms with Crippen LogP contribution in [0.25, 0.3) is 0 Å². The first-order valence-corrected chi connectivity index (χ1v) is 6.74. The van der Waals surface area contributed by atoms with E-state index < -0.39 is 42.2 Å². The van der Waals surface area contributed by atoms with Crippen molar-refractivity contribution < 1.29 is 26.7 Å². The smallest absolute Gasteiger partial charge is 0.332 e. The van der Waals surface area contributed by atoms with Crippen molar-refractivity contribution in [2.75, 3.05) is 13.1 Å². The van der Waals surface area contributed by atoms with Crippen molar-refractivity contribution >= 4 is 5.91 Å². The molecule has 0 aromatic heterocycles. The summed E-state index contributed by atoms with van der Waals surface area (Å²) in [5.41, 5.74) is 5.54. The highest BCUT2D eigenvalue weighted by atomic mass is 19.4. The standard InChI is InChI=1S/C14H15F5N2O/c15-10-3-1-2-9(12(10)16)8-4-5-11(20)13(22)21(6-8)7-14(17,18)19/h1-3,8,11H,4-7,20H2/t8-,11+/m1/s1. The van der Waals surface area contributed by atoms with Gasteiger partial charge in [0, 0.05) is 12.5 Å². The summed E-state index contributed by atoms with van der Waals surface area (Å²) in [7, 11) is 0. The Labute approximate surface area is 123 Å². The normalized spacial score (nSPS) is 23.5. The zero-order valence-corrected chi connectivity index (χ0v) is 11.5. The number of nitrogens with zero attached hydrogens (tertiary/aromatic N) is 1. The van der Waals surface area contributed by atoms with Gasteiger partial charge in [-0.2, -0.15) is 13.2 Å². The second kappa shape index (κ2) is 6.20. The molecule has 1 aliphatic heterocycles. The first-order chi connectivity index (χ1) is 10.2. The van der Waals surface area contributed by atoms with Crippen molar-refractivity contribution in [3.63, 3.8) is 0 Å². The summed E-state index contributed by atoms with van der Waals surface area (Å²) in [6.07, 6.45) is -4.25. The molecular weight excluding hydrogens is 307 g/mol. The maximum Gasteiger partial charge on any atom is 0.406 e. The van der Waals surface area contributed by atoms with Crippen molar-refractivity contribution in [3.05, 3.63) is 35.4 Å². The van der Waals surface area contributed by atoms with E-state index in [2.05, 4.69) is 0 Å². The summed E-state index contributed by atoms with van der Waals surface area (Å²) < 4.78 is 64.9. The molecule has 0 unspecified atom stereocenters. The number of rotatable bonds is 2. The van der Waals surface area contributed by atoms with Crippen LogP contribution >= 0.6 is 0 Å². The molecule has 122 valence electrons. The first-order valence-electron chi connectivity index (χ1n) is 6.74. The van der Waals surface area contributed by atoms with Gasteiger partial charge in [-0.3, -0.25) is 4.79 Å². The fourth-order valence-corrected chi connectivity index (χ4v) is 2.63. The summed E-state index contributed by atoms with van der Waals surface area (Å²) in [4.78, 5) is 12.5. The number of carbonyl (C=O) groups is 1. The van der Waals surface area contributed by atoms with Crippen molar-refractivity contribution in [3.8, 4) is 0 Å². The van der Waals surface area contributed by atoms with E-state index in [0.29, 0.717) is 4.90 Å². The lowest BCUT2D eigenvalue weighted by molar-refractivity contribution is -0.161. The predicted molar refractivity (Wildman–Crippen MR) is 68.9 cm³/mol. The lowest BCUT2D eigenvalue weighted by atomic mass is 9.93. The number of hydrogen-bond acceptors (Lipinski definition) is 2. The van der Waals surface area contributed by atoms with Gasteiger partial charge in [0.05, 0.1) is 6.04 Å². The molecule has 1 aromatic carbocycles. The zero-order valence-electron chi connectivity index (χ0n) is 11.5. The molecule has 0 spiro atoms. The molecule has 8 heteroatoms. The van der Waals surface area contributed by atoms with Gasteiger partial charge in [-0.15, -0.1) is 0 Å². The third kappa shape index (κ3) is 3.73. The molecular formula is C14H15F5N2O. The average Bonchev–Trinajstić information content (AvgIpc) is 2.54. The molecule has 1 aliphatic rings. The molecule has 0 aliphatic carbocycles. The van der Waals surface area contributed by atoms with E-state index >= 15 is 0 Å². The van der Waals surface area contributed by atoms with Crippen LogP contribution in [0.1, 0.15) is 24.3 Å². The Bertz CT molecular complexity index is 561. The van der Waals surface area contributed by atoms with Gasteiger partial charge in [-0.25, -0.2) is 8.78 Å². The van der Waals surface area contributed by atoms with Crippen LogP contribution in [0.2, 0.25) is 0 Å². The van der Waals surface area contributed by atoms with Gasteiger partial charge in [0.25, 0.3) is 0 Å². The van der Waals surface area contributed by atoms with Crippen LogP contribution in [0.15, 0.2) is 18.2 Å². The van der Waals surface area contributed by atoms with E-state index in [1.807, 2.05) is 0 Å². The highest BCUT2D eigenvalue weighted by Gasteiger charge is 2.38. The molecule has 0 bridgehead atoms. The van der Waals surface area contributed by atoms with Gasteiger partial charge in [-0.05, 0) is 24.5 Å². The van der Waals surface area contributed by atoms with E-state index in [0.717, 1.165) is 6.07 Å². The third-order valence-corrected chi connectivity index (χ3v) is 3.69. The van der Waals surface area contributed by atoms with Crippen molar-refractivity contribution in [2.45, 2.75) is 31.0 Å². The van der Waals surface area contributed by atoms with E-state index in [1.165, 1.54) is 12.1 Å². The second-order valence-corrected chi connectivity index (χ2v) is 5.36. The molecule has 2 N–H and O–H groups in total. The molecule has 1 heterocycles. The Hall–Kier alpha value is -1.70. The van der Waals surface area contributed by atoms with Gasteiger partial charge in [0.15, 0.2) is 11.6 Å². The molecule has 2 rings (SSSR count). The summed E-state index contributed by atoms with van der Waals surface area (Å²) in [6, 6.07) is 2.47. The van der Waals surface area contributed by atoms with Crippen molar-refractivity contribution in [1.82, 2.24) is 4.90 Å². The number of nitrogens with two attached hydrogens (primary N) is 1. The lowest BCUT2D eigenvalue weighted by Gasteiger charge is -2.26. The fraction of sp³-hybridized carbons (Fsp3) is 0.500. The summed E-state index contributed by atoms with van der Waals surface area (Å²) in [5.74, 6) is -3.71. The highest BCUT2D eigenvalue weighted by molar-refractivity contribution is 5.82. The maximum absolute atomic E-state index is 13.8. The lowest BCUT2D eigenvalue weighted by Crippen LogP contribution is -2.46. The SMILES string of the molecule is N[C@H]1CC[C@@H](c2cccc(F)c2F)CN(CC(F)(F)F)C1=O. The van der Waals surface area contributed by atoms with Crippen LogP contribution in [0.5, 0.6) is 0 Å². The summed E-state index contributed by atoms with van der Waals surface area (Å²) in [6.45, 7) is -1.79. The van der Waals surface area contributed by atoms with Gasteiger partial charge >= 0.3 is 6.18 Å². The Morgan fingerprint density at radius 3 is 2.55 bits per heavy atom.